The van der Waals surface area contributed by atoms with Gasteiger partial charge < -0.3 is 16.0 Å². The Balaban J connectivity index is 1.82. The van der Waals surface area contributed by atoms with Crippen LogP contribution in [0.1, 0.15) is 57.4 Å². The highest BCUT2D eigenvalue weighted by atomic mass is 19.1. The Bertz CT molecular complexity index is 1220. The Morgan fingerprint density at radius 1 is 0.727 bits per heavy atom. The summed E-state index contributed by atoms with van der Waals surface area (Å²) in [5.41, 5.74) is 1.54. The lowest BCUT2D eigenvalue weighted by atomic mass is 10.1. The molecule has 0 bridgehead atoms. The molecular formula is C26H26FN3O3. The Kier molecular flexibility index (Phi) is 6.92. The van der Waals surface area contributed by atoms with Crippen molar-refractivity contribution < 1.29 is 18.8 Å². The smallest absolute Gasteiger partial charge is 0.258 e. The normalized spacial score (nSPS) is 10.9. The SMILES string of the molecule is Cc1ccc(C(=O)Nc2ccccc2C(=O)NC(C)(C)C)cc1NC(=O)c1ccccc1F. The van der Waals surface area contributed by atoms with Gasteiger partial charge in [-0.05, 0) is 69.7 Å². The number of rotatable bonds is 5. The molecule has 0 spiro atoms. The van der Waals surface area contributed by atoms with Gasteiger partial charge in [-0.3, -0.25) is 14.4 Å². The van der Waals surface area contributed by atoms with Crippen LogP contribution in [-0.4, -0.2) is 23.3 Å². The van der Waals surface area contributed by atoms with Crippen molar-refractivity contribution in [2.45, 2.75) is 33.2 Å². The van der Waals surface area contributed by atoms with E-state index in [1.165, 1.54) is 24.3 Å². The molecule has 3 aromatic carbocycles. The lowest BCUT2D eigenvalue weighted by molar-refractivity contribution is 0.0919. The Morgan fingerprint density at radius 2 is 1.33 bits per heavy atom. The summed E-state index contributed by atoms with van der Waals surface area (Å²) in [6.45, 7) is 7.38. The van der Waals surface area contributed by atoms with Crippen molar-refractivity contribution in [3.8, 4) is 0 Å². The van der Waals surface area contributed by atoms with Crippen LogP contribution >= 0.6 is 0 Å². The molecular weight excluding hydrogens is 421 g/mol. The van der Waals surface area contributed by atoms with Gasteiger partial charge in [-0.1, -0.05) is 30.3 Å². The van der Waals surface area contributed by atoms with Crippen LogP contribution in [0.3, 0.4) is 0 Å². The number of benzene rings is 3. The minimum atomic E-state index is -0.633. The number of halogens is 1. The van der Waals surface area contributed by atoms with E-state index in [9.17, 15) is 18.8 Å². The van der Waals surface area contributed by atoms with Crippen LogP contribution in [0.15, 0.2) is 66.7 Å². The van der Waals surface area contributed by atoms with E-state index < -0.39 is 23.2 Å². The van der Waals surface area contributed by atoms with Crippen LogP contribution < -0.4 is 16.0 Å². The summed E-state index contributed by atoms with van der Waals surface area (Å²) < 4.78 is 13.9. The van der Waals surface area contributed by atoms with Crippen molar-refractivity contribution in [3.63, 3.8) is 0 Å². The van der Waals surface area contributed by atoms with Crippen molar-refractivity contribution >= 4 is 29.1 Å². The molecule has 6 nitrogen and oxygen atoms in total. The molecule has 0 aliphatic carbocycles. The Labute approximate surface area is 192 Å². The largest absolute Gasteiger partial charge is 0.347 e. The molecule has 3 aromatic rings. The summed E-state index contributed by atoms with van der Waals surface area (Å²) in [5.74, 6) is -2.00. The molecule has 0 aliphatic rings. The zero-order chi connectivity index (χ0) is 24.2. The van der Waals surface area contributed by atoms with Crippen molar-refractivity contribution in [3.05, 3.63) is 94.8 Å². The minimum Gasteiger partial charge on any atom is -0.347 e. The van der Waals surface area contributed by atoms with Crippen LogP contribution in [0.25, 0.3) is 0 Å². The van der Waals surface area contributed by atoms with Crippen LogP contribution in [-0.2, 0) is 0 Å². The number of carbonyl (C=O) groups is 3. The summed E-state index contributed by atoms with van der Waals surface area (Å²) in [4.78, 5) is 38.1. The highest BCUT2D eigenvalue weighted by Crippen LogP contribution is 2.21. The average Bonchev–Trinajstić information content (AvgIpc) is 2.74. The van der Waals surface area contributed by atoms with E-state index in [0.29, 0.717) is 22.5 Å². The third-order valence-electron chi connectivity index (χ3n) is 4.77. The lowest BCUT2D eigenvalue weighted by Gasteiger charge is -2.21. The number of nitrogens with one attached hydrogen (secondary N) is 3. The Morgan fingerprint density at radius 3 is 2.00 bits per heavy atom. The van der Waals surface area contributed by atoms with Gasteiger partial charge in [0.1, 0.15) is 5.82 Å². The maximum absolute atomic E-state index is 13.9. The zero-order valence-corrected chi connectivity index (χ0v) is 19.0. The first-order valence-electron chi connectivity index (χ1n) is 10.4. The summed E-state index contributed by atoms with van der Waals surface area (Å²) in [5, 5.41) is 8.30. The number of hydrogen-bond donors (Lipinski definition) is 3. The number of anilines is 2. The van der Waals surface area contributed by atoms with Crippen LogP contribution in [0.4, 0.5) is 15.8 Å². The first-order chi connectivity index (χ1) is 15.5. The molecule has 3 rings (SSSR count). The number of carbonyl (C=O) groups excluding carboxylic acids is 3. The van der Waals surface area contributed by atoms with Gasteiger partial charge in [-0.15, -0.1) is 0 Å². The monoisotopic (exact) mass is 447 g/mol. The molecule has 0 heterocycles. The standard InChI is InChI=1S/C26H26FN3O3/c1-16-13-14-17(15-22(16)29-24(32)18-9-5-7-11-20(18)27)23(31)28-21-12-8-6-10-19(21)25(33)30-26(2,3)4/h5-15H,1-4H3,(H,28,31)(H,29,32)(H,30,33). The van der Waals surface area contributed by atoms with Crippen LogP contribution in [0.5, 0.6) is 0 Å². The predicted molar refractivity (Wildman–Crippen MR) is 127 cm³/mol. The van der Waals surface area contributed by atoms with Gasteiger partial charge in [0.25, 0.3) is 17.7 Å². The second-order valence-electron chi connectivity index (χ2n) is 8.67. The average molecular weight is 448 g/mol. The van der Waals surface area contributed by atoms with Crippen molar-refractivity contribution in [1.82, 2.24) is 5.32 Å². The number of aryl methyl sites for hydroxylation is 1. The highest BCUT2D eigenvalue weighted by Gasteiger charge is 2.19. The number of para-hydroxylation sites is 1. The molecule has 3 amide bonds. The van der Waals surface area contributed by atoms with Crippen LogP contribution in [0, 0.1) is 12.7 Å². The molecule has 7 heteroatoms. The molecule has 33 heavy (non-hydrogen) atoms. The van der Waals surface area contributed by atoms with Crippen molar-refractivity contribution in [2.75, 3.05) is 10.6 Å². The van der Waals surface area contributed by atoms with E-state index in [4.69, 9.17) is 0 Å². The maximum Gasteiger partial charge on any atom is 0.258 e. The van der Waals surface area contributed by atoms with E-state index in [1.54, 1.807) is 49.4 Å². The summed E-state index contributed by atoms with van der Waals surface area (Å²) in [6, 6.07) is 17.2. The Hall–Kier alpha value is -4.00. The molecule has 0 radical (unpaired) electrons. The van der Waals surface area contributed by atoms with Gasteiger partial charge in [0.2, 0.25) is 0 Å². The minimum absolute atomic E-state index is 0.0921. The van der Waals surface area contributed by atoms with Gasteiger partial charge >= 0.3 is 0 Å². The zero-order valence-electron chi connectivity index (χ0n) is 19.0. The fourth-order valence-electron chi connectivity index (χ4n) is 3.13. The van der Waals surface area contributed by atoms with Crippen molar-refractivity contribution in [2.24, 2.45) is 0 Å². The predicted octanol–water partition coefficient (Wildman–Crippen LogP) is 5.17. The fraction of sp³-hybridized carbons (Fsp3) is 0.192. The topological polar surface area (TPSA) is 87.3 Å². The van der Waals surface area contributed by atoms with Gasteiger partial charge in [-0.2, -0.15) is 0 Å². The van der Waals surface area contributed by atoms with Gasteiger partial charge in [0, 0.05) is 16.8 Å². The number of hydrogen-bond acceptors (Lipinski definition) is 3. The summed E-state index contributed by atoms with van der Waals surface area (Å²) >= 11 is 0. The van der Waals surface area contributed by atoms with E-state index in [0.717, 1.165) is 0 Å². The lowest BCUT2D eigenvalue weighted by Crippen LogP contribution is -2.40. The fourth-order valence-corrected chi connectivity index (χ4v) is 3.13. The molecule has 0 atom stereocenters. The second-order valence-corrected chi connectivity index (χ2v) is 8.67. The molecule has 0 aliphatic heterocycles. The number of amides is 3. The van der Waals surface area contributed by atoms with Gasteiger partial charge in [0.15, 0.2) is 0 Å². The first kappa shape index (κ1) is 23.7. The first-order valence-corrected chi connectivity index (χ1v) is 10.4. The third kappa shape index (κ3) is 6.04. The molecule has 0 unspecified atom stereocenters. The molecule has 0 fully saturated rings. The van der Waals surface area contributed by atoms with E-state index in [2.05, 4.69) is 16.0 Å². The quantitative estimate of drug-likeness (QED) is 0.504. The van der Waals surface area contributed by atoms with Crippen molar-refractivity contribution in [1.29, 1.82) is 0 Å². The molecule has 0 saturated carbocycles. The summed E-state index contributed by atoms with van der Waals surface area (Å²) in [6.07, 6.45) is 0. The van der Waals surface area contributed by atoms with E-state index in [1.807, 2.05) is 20.8 Å². The second kappa shape index (κ2) is 9.65. The molecule has 3 N–H and O–H groups in total. The van der Waals surface area contributed by atoms with Gasteiger partial charge in [-0.25, -0.2) is 4.39 Å². The highest BCUT2D eigenvalue weighted by molar-refractivity contribution is 6.10. The molecule has 0 aromatic heterocycles. The van der Waals surface area contributed by atoms with Crippen LogP contribution in [0.2, 0.25) is 0 Å². The summed E-state index contributed by atoms with van der Waals surface area (Å²) in [7, 11) is 0. The van der Waals surface area contributed by atoms with E-state index in [-0.39, 0.29) is 17.0 Å². The molecule has 170 valence electrons. The van der Waals surface area contributed by atoms with E-state index >= 15 is 0 Å². The maximum atomic E-state index is 13.9. The van der Waals surface area contributed by atoms with Gasteiger partial charge in [0.05, 0.1) is 16.8 Å². The molecule has 0 saturated heterocycles. The third-order valence-corrected chi connectivity index (χ3v) is 4.77.